The van der Waals surface area contributed by atoms with E-state index in [1.165, 1.54) is 12.7 Å². The van der Waals surface area contributed by atoms with Crippen LogP contribution in [0.3, 0.4) is 0 Å². The lowest BCUT2D eigenvalue weighted by Crippen LogP contribution is -2.48. The van der Waals surface area contributed by atoms with Crippen LogP contribution in [0.1, 0.15) is 37.8 Å². The second kappa shape index (κ2) is 7.52. The summed E-state index contributed by atoms with van der Waals surface area (Å²) in [4.78, 5) is 0.381. The van der Waals surface area contributed by atoms with Crippen LogP contribution in [0, 0.1) is 11.8 Å². The highest BCUT2D eigenvalue weighted by atomic mass is 32.2. The van der Waals surface area contributed by atoms with Crippen LogP contribution >= 0.6 is 0 Å². The van der Waals surface area contributed by atoms with Crippen molar-refractivity contribution in [2.75, 3.05) is 26.0 Å². The van der Waals surface area contributed by atoms with E-state index in [-0.39, 0.29) is 6.04 Å². The van der Waals surface area contributed by atoms with Gasteiger partial charge in [0.05, 0.1) is 17.7 Å². The van der Waals surface area contributed by atoms with Crippen LogP contribution < -0.4 is 10.6 Å². The minimum atomic E-state index is -3.13. The molecule has 134 valence electrons. The maximum atomic E-state index is 11.6. The third kappa shape index (κ3) is 4.36. The molecule has 5 nitrogen and oxygen atoms in total. The number of benzene rings is 1. The molecule has 0 aromatic heterocycles. The van der Waals surface area contributed by atoms with Crippen molar-refractivity contribution in [2.45, 2.75) is 43.3 Å². The van der Waals surface area contributed by atoms with Crippen molar-refractivity contribution >= 4 is 9.84 Å². The summed E-state index contributed by atoms with van der Waals surface area (Å²) in [5.41, 5.74) is 1.16. The molecule has 24 heavy (non-hydrogen) atoms. The SMILES string of the molecule is CC1COCC1CNC1CCCC(c2ccc(S(C)(=O)=O)cc2)N1. The molecule has 2 N–H and O–H groups in total. The Morgan fingerprint density at radius 3 is 2.58 bits per heavy atom. The highest BCUT2D eigenvalue weighted by molar-refractivity contribution is 7.90. The van der Waals surface area contributed by atoms with Crippen LogP contribution in [0.2, 0.25) is 0 Å². The van der Waals surface area contributed by atoms with E-state index >= 15 is 0 Å². The smallest absolute Gasteiger partial charge is 0.175 e. The van der Waals surface area contributed by atoms with Crippen LogP contribution in [0.15, 0.2) is 29.2 Å². The lowest BCUT2D eigenvalue weighted by Gasteiger charge is -2.33. The van der Waals surface area contributed by atoms with Gasteiger partial charge in [0, 0.05) is 25.4 Å². The summed E-state index contributed by atoms with van der Waals surface area (Å²) in [7, 11) is -3.13. The van der Waals surface area contributed by atoms with Gasteiger partial charge in [-0.15, -0.1) is 0 Å². The van der Waals surface area contributed by atoms with E-state index in [2.05, 4.69) is 17.6 Å². The van der Waals surface area contributed by atoms with E-state index in [1.54, 1.807) is 12.1 Å². The van der Waals surface area contributed by atoms with E-state index < -0.39 is 9.84 Å². The molecule has 0 aliphatic carbocycles. The maximum absolute atomic E-state index is 11.6. The van der Waals surface area contributed by atoms with Crippen molar-refractivity contribution in [2.24, 2.45) is 11.8 Å². The number of ether oxygens (including phenoxy) is 1. The molecule has 2 fully saturated rings. The summed E-state index contributed by atoms with van der Waals surface area (Å²) in [5.74, 6) is 1.22. The molecule has 0 bridgehead atoms. The Bertz CT molecular complexity index is 645. The van der Waals surface area contributed by atoms with Crippen LogP contribution in [-0.2, 0) is 14.6 Å². The third-order valence-corrected chi connectivity index (χ3v) is 6.37. The number of hydrogen-bond acceptors (Lipinski definition) is 5. The predicted octanol–water partition coefficient (Wildman–Crippen LogP) is 2.10. The highest BCUT2D eigenvalue weighted by Crippen LogP contribution is 2.26. The lowest BCUT2D eigenvalue weighted by molar-refractivity contribution is 0.179. The molecule has 3 rings (SSSR count). The fourth-order valence-electron chi connectivity index (χ4n) is 3.57. The van der Waals surface area contributed by atoms with Gasteiger partial charge in [-0.2, -0.15) is 0 Å². The average molecular weight is 352 g/mol. The summed E-state index contributed by atoms with van der Waals surface area (Å²) in [5, 5.41) is 7.31. The molecule has 0 radical (unpaired) electrons. The standard InChI is InChI=1S/C18H28N2O3S/c1-13-11-23-12-15(13)10-19-18-5-3-4-17(20-18)14-6-8-16(9-7-14)24(2,21)22/h6-9,13,15,17-20H,3-5,10-12H2,1-2H3. The molecule has 2 aliphatic rings. The molecule has 2 heterocycles. The molecule has 0 amide bonds. The number of hydrogen-bond donors (Lipinski definition) is 2. The Hall–Kier alpha value is -0.950. The Morgan fingerprint density at radius 1 is 1.21 bits per heavy atom. The third-order valence-electron chi connectivity index (χ3n) is 5.24. The van der Waals surface area contributed by atoms with Crippen molar-refractivity contribution in [1.82, 2.24) is 10.6 Å². The zero-order valence-electron chi connectivity index (χ0n) is 14.5. The first kappa shape index (κ1) is 17.9. The van der Waals surface area contributed by atoms with E-state index in [9.17, 15) is 8.42 Å². The first-order valence-corrected chi connectivity index (χ1v) is 10.7. The van der Waals surface area contributed by atoms with Gasteiger partial charge in [0.1, 0.15) is 0 Å². The fourth-order valence-corrected chi connectivity index (χ4v) is 4.20. The molecule has 1 aromatic rings. The normalized spacial score (nSPS) is 31.2. The van der Waals surface area contributed by atoms with Gasteiger partial charge in [0.15, 0.2) is 9.84 Å². The van der Waals surface area contributed by atoms with E-state index in [4.69, 9.17) is 4.74 Å². The maximum Gasteiger partial charge on any atom is 0.175 e. The minimum Gasteiger partial charge on any atom is -0.381 e. The molecule has 2 saturated heterocycles. The number of sulfone groups is 1. The Kier molecular flexibility index (Phi) is 5.59. The molecule has 1 aromatic carbocycles. The Morgan fingerprint density at radius 2 is 1.96 bits per heavy atom. The molecule has 0 saturated carbocycles. The number of nitrogens with one attached hydrogen (secondary N) is 2. The number of rotatable bonds is 5. The summed E-state index contributed by atoms with van der Waals surface area (Å²) < 4.78 is 28.7. The van der Waals surface area contributed by atoms with E-state index in [0.29, 0.717) is 22.9 Å². The summed E-state index contributed by atoms with van der Waals surface area (Å²) in [6.07, 6.45) is 4.93. The van der Waals surface area contributed by atoms with Gasteiger partial charge < -0.3 is 10.1 Å². The molecule has 4 atom stereocenters. The topological polar surface area (TPSA) is 67.4 Å². The van der Waals surface area contributed by atoms with Crippen molar-refractivity contribution in [3.8, 4) is 0 Å². The van der Waals surface area contributed by atoms with Gasteiger partial charge in [0.25, 0.3) is 0 Å². The van der Waals surface area contributed by atoms with Gasteiger partial charge >= 0.3 is 0 Å². The Balaban J connectivity index is 1.57. The summed E-state index contributed by atoms with van der Waals surface area (Å²) in [6, 6.07) is 7.57. The largest absolute Gasteiger partial charge is 0.381 e. The van der Waals surface area contributed by atoms with Crippen molar-refractivity contribution in [3.05, 3.63) is 29.8 Å². The van der Waals surface area contributed by atoms with Crippen LogP contribution in [0.4, 0.5) is 0 Å². The average Bonchev–Trinajstić information content (AvgIpc) is 2.98. The van der Waals surface area contributed by atoms with Gasteiger partial charge in [-0.3, -0.25) is 5.32 Å². The van der Waals surface area contributed by atoms with Crippen LogP contribution in [0.25, 0.3) is 0 Å². The monoisotopic (exact) mass is 352 g/mol. The van der Waals surface area contributed by atoms with Crippen molar-refractivity contribution in [3.63, 3.8) is 0 Å². The Labute approximate surface area is 145 Å². The van der Waals surface area contributed by atoms with Gasteiger partial charge in [0.2, 0.25) is 0 Å². The first-order chi connectivity index (χ1) is 11.4. The fraction of sp³-hybridized carbons (Fsp3) is 0.667. The first-order valence-electron chi connectivity index (χ1n) is 8.80. The molecular weight excluding hydrogens is 324 g/mol. The number of piperidine rings is 1. The summed E-state index contributed by atoms with van der Waals surface area (Å²) in [6.45, 7) is 4.97. The van der Waals surface area contributed by atoms with Gasteiger partial charge in [-0.25, -0.2) is 8.42 Å². The predicted molar refractivity (Wildman–Crippen MR) is 94.5 cm³/mol. The zero-order chi connectivity index (χ0) is 17.2. The van der Waals surface area contributed by atoms with Crippen molar-refractivity contribution in [1.29, 1.82) is 0 Å². The second-order valence-electron chi connectivity index (χ2n) is 7.23. The van der Waals surface area contributed by atoms with E-state index in [1.807, 2.05) is 12.1 Å². The van der Waals surface area contributed by atoms with Crippen molar-refractivity contribution < 1.29 is 13.2 Å². The molecule has 2 aliphatic heterocycles. The lowest BCUT2D eigenvalue weighted by atomic mass is 9.95. The highest BCUT2D eigenvalue weighted by Gasteiger charge is 2.27. The van der Waals surface area contributed by atoms with Gasteiger partial charge in [-0.1, -0.05) is 19.1 Å². The molecular formula is C18H28N2O3S. The molecule has 4 unspecified atom stereocenters. The quantitative estimate of drug-likeness (QED) is 0.849. The van der Waals surface area contributed by atoms with Crippen LogP contribution in [-0.4, -0.2) is 40.6 Å². The minimum absolute atomic E-state index is 0.280. The van der Waals surface area contributed by atoms with Crippen LogP contribution in [0.5, 0.6) is 0 Å². The second-order valence-corrected chi connectivity index (χ2v) is 9.24. The van der Waals surface area contributed by atoms with E-state index in [0.717, 1.165) is 38.2 Å². The zero-order valence-corrected chi connectivity index (χ0v) is 15.3. The summed E-state index contributed by atoms with van der Waals surface area (Å²) >= 11 is 0. The molecule has 6 heteroatoms. The molecule has 0 spiro atoms. The van der Waals surface area contributed by atoms with Gasteiger partial charge in [-0.05, 0) is 48.8 Å².